The minimum absolute atomic E-state index is 0.168. The summed E-state index contributed by atoms with van der Waals surface area (Å²) in [6.07, 6.45) is 11.0. The van der Waals surface area contributed by atoms with Gasteiger partial charge in [-0.1, -0.05) is 50.0 Å². The van der Waals surface area contributed by atoms with Crippen molar-refractivity contribution in [3.05, 3.63) is 43.0 Å². The number of rotatable bonds is 13. The lowest BCUT2D eigenvalue weighted by Crippen LogP contribution is -2.28. The van der Waals surface area contributed by atoms with Crippen molar-refractivity contribution in [2.75, 3.05) is 18.4 Å². The zero-order chi connectivity index (χ0) is 15.9. The van der Waals surface area contributed by atoms with E-state index in [-0.39, 0.29) is 5.91 Å². The van der Waals surface area contributed by atoms with Gasteiger partial charge in [-0.15, -0.1) is 6.58 Å². The number of benzene rings is 1. The Labute approximate surface area is 135 Å². The Kier molecular flexibility index (Phi) is 10.7. The molecule has 0 heterocycles. The van der Waals surface area contributed by atoms with Crippen molar-refractivity contribution in [1.29, 1.82) is 0 Å². The maximum Gasteiger partial charge on any atom is 0.220 e. The van der Waals surface area contributed by atoms with Crippen LogP contribution in [0.4, 0.5) is 5.69 Å². The van der Waals surface area contributed by atoms with Crippen LogP contribution in [-0.4, -0.2) is 19.0 Å². The predicted octanol–water partition coefficient (Wildman–Crippen LogP) is 4.52. The Morgan fingerprint density at radius 2 is 1.64 bits per heavy atom. The molecule has 1 aromatic carbocycles. The monoisotopic (exact) mass is 302 g/mol. The molecule has 0 aliphatic rings. The van der Waals surface area contributed by atoms with Gasteiger partial charge >= 0.3 is 0 Å². The molecule has 3 nitrogen and oxygen atoms in total. The molecule has 0 saturated carbocycles. The number of allylic oxidation sites excluding steroid dienone is 1. The van der Waals surface area contributed by atoms with E-state index in [2.05, 4.69) is 17.2 Å². The standard InChI is InChI=1S/C19H30N2O/c1-2-3-4-5-6-7-8-12-15-19(22)21-17-16-20-18-13-10-9-11-14-18/h2,9-11,13-14,20H,1,3-8,12,15-17H2,(H,21,22). The lowest BCUT2D eigenvalue weighted by atomic mass is 10.1. The van der Waals surface area contributed by atoms with Crippen LogP contribution in [0, 0.1) is 0 Å². The van der Waals surface area contributed by atoms with Gasteiger partial charge < -0.3 is 10.6 Å². The summed E-state index contributed by atoms with van der Waals surface area (Å²) in [5.41, 5.74) is 1.09. The maximum absolute atomic E-state index is 11.7. The van der Waals surface area contributed by atoms with Gasteiger partial charge in [0.1, 0.15) is 0 Å². The van der Waals surface area contributed by atoms with Crippen LogP contribution in [0.1, 0.15) is 51.4 Å². The van der Waals surface area contributed by atoms with Gasteiger partial charge in [0.05, 0.1) is 0 Å². The first-order chi connectivity index (χ1) is 10.8. The van der Waals surface area contributed by atoms with Gasteiger partial charge in [-0.2, -0.15) is 0 Å². The molecule has 0 bridgehead atoms. The molecule has 0 atom stereocenters. The van der Waals surface area contributed by atoms with Crippen LogP contribution in [0.25, 0.3) is 0 Å². The summed E-state index contributed by atoms with van der Waals surface area (Å²) in [6, 6.07) is 10.0. The second-order valence-electron chi connectivity index (χ2n) is 5.59. The summed E-state index contributed by atoms with van der Waals surface area (Å²) in [6.45, 7) is 5.17. The first kappa shape index (κ1) is 18.3. The van der Waals surface area contributed by atoms with Crippen LogP contribution >= 0.6 is 0 Å². The van der Waals surface area contributed by atoms with E-state index in [0.29, 0.717) is 13.0 Å². The molecule has 122 valence electrons. The summed E-state index contributed by atoms with van der Waals surface area (Å²) >= 11 is 0. The topological polar surface area (TPSA) is 41.1 Å². The third-order valence-corrected chi connectivity index (χ3v) is 3.61. The smallest absolute Gasteiger partial charge is 0.220 e. The van der Waals surface area contributed by atoms with Crippen LogP contribution in [0.15, 0.2) is 43.0 Å². The Hall–Kier alpha value is -1.77. The number of para-hydroxylation sites is 1. The fourth-order valence-electron chi connectivity index (χ4n) is 2.33. The molecular weight excluding hydrogens is 272 g/mol. The molecule has 0 aliphatic carbocycles. The molecule has 0 saturated heterocycles. The molecule has 3 heteroatoms. The average molecular weight is 302 g/mol. The van der Waals surface area contributed by atoms with Crippen LogP contribution in [0.2, 0.25) is 0 Å². The highest BCUT2D eigenvalue weighted by molar-refractivity contribution is 5.75. The van der Waals surface area contributed by atoms with E-state index >= 15 is 0 Å². The van der Waals surface area contributed by atoms with Crippen LogP contribution in [0.3, 0.4) is 0 Å². The molecule has 0 aromatic heterocycles. The van der Waals surface area contributed by atoms with Gasteiger partial charge in [-0.25, -0.2) is 0 Å². The molecular formula is C19H30N2O. The van der Waals surface area contributed by atoms with Gasteiger partial charge in [0.2, 0.25) is 5.91 Å². The van der Waals surface area contributed by atoms with E-state index < -0.39 is 0 Å². The highest BCUT2D eigenvalue weighted by Crippen LogP contribution is 2.08. The van der Waals surface area contributed by atoms with Crippen molar-refractivity contribution >= 4 is 11.6 Å². The predicted molar refractivity (Wildman–Crippen MR) is 95.1 cm³/mol. The van der Waals surface area contributed by atoms with E-state index in [1.54, 1.807) is 0 Å². The molecule has 0 aliphatic heterocycles. The SMILES string of the molecule is C=CCCCCCCCCC(=O)NCCNc1ccccc1. The quantitative estimate of drug-likeness (QED) is 0.415. The van der Waals surface area contributed by atoms with E-state index in [9.17, 15) is 4.79 Å². The lowest BCUT2D eigenvalue weighted by Gasteiger charge is -2.08. The highest BCUT2D eigenvalue weighted by atomic mass is 16.1. The van der Waals surface area contributed by atoms with Gasteiger partial charge in [-0.3, -0.25) is 4.79 Å². The molecule has 1 aromatic rings. The van der Waals surface area contributed by atoms with Gasteiger partial charge in [0, 0.05) is 25.2 Å². The molecule has 0 fully saturated rings. The zero-order valence-corrected chi connectivity index (χ0v) is 13.7. The normalized spacial score (nSPS) is 10.2. The zero-order valence-electron chi connectivity index (χ0n) is 13.7. The number of carbonyl (C=O) groups is 1. The molecule has 1 rings (SSSR count). The number of anilines is 1. The minimum atomic E-state index is 0.168. The molecule has 0 spiro atoms. The second-order valence-corrected chi connectivity index (χ2v) is 5.59. The van der Waals surface area contributed by atoms with Crippen LogP contribution < -0.4 is 10.6 Å². The maximum atomic E-state index is 11.7. The number of amides is 1. The Bertz CT molecular complexity index is 403. The minimum Gasteiger partial charge on any atom is -0.383 e. The lowest BCUT2D eigenvalue weighted by molar-refractivity contribution is -0.121. The van der Waals surface area contributed by atoms with Crippen molar-refractivity contribution < 1.29 is 4.79 Å². The largest absolute Gasteiger partial charge is 0.383 e. The summed E-state index contributed by atoms with van der Waals surface area (Å²) in [5.74, 6) is 0.168. The summed E-state index contributed by atoms with van der Waals surface area (Å²) in [5, 5.41) is 6.24. The van der Waals surface area contributed by atoms with Gasteiger partial charge in [0.15, 0.2) is 0 Å². The third kappa shape index (κ3) is 10.0. The number of nitrogens with one attached hydrogen (secondary N) is 2. The van der Waals surface area contributed by atoms with Crippen molar-refractivity contribution in [1.82, 2.24) is 5.32 Å². The number of hydrogen-bond donors (Lipinski definition) is 2. The molecule has 0 unspecified atom stereocenters. The molecule has 1 amide bonds. The molecule has 0 radical (unpaired) electrons. The summed E-state index contributed by atoms with van der Waals surface area (Å²) in [4.78, 5) is 11.7. The van der Waals surface area contributed by atoms with Gasteiger partial charge in [0.25, 0.3) is 0 Å². The van der Waals surface area contributed by atoms with E-state index in [0.717, 1.165) is 31.5 Å². The van der Waals surface area contributed by atoms with Crippen molar-refractivity contribution in [2.45, 2.75) is 51.4 Å². The number of carbonyl (C=O) groups excluding carboxylic acids is 1. The highest BCUT2D eigenvalue weighted by Gasteiger charge is 2.00. The molecule has 22 heavy (non-hydrogen) atoms. The Balaban J connectivity index is 1.88. The number of hydrogen-bond acceptors (Lipinski definition) is 2. The first-order valence-electron chi connectivity index (χ1n) is 8.49. The van der Waals surface area contributed by atoms with Crippen LogP contribution in [-0.2, 0) is 4.79 Å². The van der Waals surface area contributed by atoms with E-state index in [4.69, 9.17) is 0 Å². The summed E-state index contributed by atoms with van der Waals surface area (Å²) < 4.78 is 0. The van der Waals surface area contributed by atoms with Crippen molar-refractivity contribution in [3.63, 3.8) is 0 Å². The van der Waals surface area contributed by atoms with Crippen molar-refractivity contribution in [3.8, 4) is 0 Å². The van der Waals surface area contributed by atoms with Gasteiger partial charge in [-0.05, 0) is 31.4 Å². The first-order valence-corrected chi connectivity index (χ1v) is 8.49. The fraction of sp³-hybridized carbons (Fsp3) is 0.526. The molecule has 2 N–H and O–H groups in total. The average Bonchev–Trinajstić information content (AvgIpc) is 2.55. The Morgan fingerprint density at radius 3 is 2.36 bits per heavy atom. The fourth-order valence-corrected chi connectivity index (χ4v) is 2.33. The Morgan fingerprint density at radius 1 is 0.955 bits per heavy atom. The third-order valence-electron chi connectivity index (χ3n) is 3.61. The van der Waals surface area contributed by atoms with Crippen molar-refractivity contribution in [2.24, 2.45) is 0 Å². The number of unbranched alkanes of at least 4 members (excludes halogenated alkanes) is 6. The second kappa shape index (κ2) is 12.9. The van der Waals surface area contributed by atoms with E-state index in [1.807, 2.05) is 36.4 Å². The summed E-state index contributed by atoms with van der Waals surface area (Å²) in [7, 11) is 0. The van der Waals surface area contributed by atoms with E-state index in [1.165, 1.54) is 25.7 Å². The van der Waals surface area contributed by atoms with Crippen LogP contribution in [0.5, 0.6) is 0 Å².